The third-order valence-electron chi connectivity index (χ3n) is 6.09. The van der Waals surface area contributed by atoms with E-state index in [-0.39, 0.29) is 24.2 Å². The molecule has 2 fully saturated rings. The molecule has 0 radical (unpaired) electrons. The fraction of sp³-hybridized carbons (Fsp3) is 0.333. The summed E-state index contributed by atoms with van der Waals surface area (Å²) in [7, 11) is 1.83. The summed E-state index contributed by atoms with van der Waals surface area (Å²) >= 11 is 12.7. The summed E-state index contributed by atoms with van der Waals surface area (Å²) in [6.07, 6.45) is 7.29. The van der Waals surface area contributed by atoms with E-state index in [9.17, 15) is 14.9 Å². The van der Waals surface area contributed by atoms with Gasteiger partial charge in [-0.15, -0.1) is 0 Å². The predicted molar refractivity (Wildman–Crippen MR) is 141 cm³/mol. The van der Waals surface area contributed by atoms with Gasteiger partial charge in [-0.1, -0.05) is 19.3 Å². The van der Waals surface area contributed by atoms with Gasteiger partial charge in [-0.25, -0.2) is 0 Å². The molecule has 0 N–H and O–H groups in total. The highest BCUT2D eigenvalue weighted by atomic mass is 79.9. The molecular formula is C24H23Br2N3O4S. The van der Waals surface area contributed by atoms with Gasteiger partial charge in [0.1, 0.15) is 18.1 Å². The van der Waals surface area contributed by atoms with E-state index >= 15 is 0 Å². The van der Waals surface area contributed by atoms with Crippen LogP contribution >= 0.6 is 44.1 Å². The second-order valence-electron chi connectivity index (χ2n) is 8.36. The van der Waals surface area contributed by atoms with Crippen LogP contribution in [-0.4, -0.2) is 38.8 Å². The number of thiocarbonyl (C=S) groups is 1. The van der Waals surface area contributed by atoms with E-state index in [0.717, 1.165) is 45.8 Å². The van der Waals surface area contributed by atoms with E-state index < -0.39 is 4.92 Å². The lowest BCUT2D eigenvalue weighted by molar-refractivity contribution is -0.384. The van der Waals surface area contributed by atoms with Crippen molar-refractivity contribution in [1.29, 1.82) is 0 Å². The van der Waals surface area contributed by atoms with Crippen LogP contribution in [0.2, 0.25) is 0 Å². The Morgan fingerprint density at radius 1 is 1.15 bits per heavy atom. The number of ether oxygens (including phenoxy) is 1. The van der Waals surface area contributed by atoms with E-state index in [1.54, 1.807) is 21.9 Å². The van der Waals surface area contributed by atoms with Crippen molar-refractivity contribution < 1.29 is 14.5 Å². The molecule has 1 saturated carbocycles. The molecule has 7 nitrogen and oxygen atoms in total. The van der Waals surface area contributed by atoms with E-state index in [1.807, 2.05) is 25.3 Å². The largest absolute Gasteiger partial charge is 0.487 e. The predicted octanol–water partition coefficient (Wildman–Crippen LogP) is 6.43. The molecule has 2 aliphatic rings. The first-order valence-corrected chi connectivity index (χ1v) is 12.9. The molecule has 1 aliphatic carbocycles. The van der Waals surface area contributed by atoms with E-state index in [1.165, 1.54) is 18.6 Å². The van der Waals surface area contributed by atoms with Gasteiger partial charge < -0.3 is 9.64 Å². The van der Waals surface area contributed by atoms with Gasteiger partial charge >= 0.3 is 0 Å². The first-order valence-electron chi connectivity index (χ1n) is 10.9. The quantitative estimate of drug-likeness (QED) is 0.163. The van der Waals surface area contributed by atoms with Crippen LogP contribution in [0.1, 0.15) is 43.2 Å². The van der Waals surface area contributed by atoms with E-state index in [0.29, 0.717) is 16.6 Å². The molecule has 1 saturated heterocycles. The lowest BCUT2D eigenvalue weighted by Crippen LogP contribution is -2.41. The van der Waals surface area contributed by atoms with Crippen LogP contribution in [0.5, 0.6) is 5.75 Å². The Hall–Kier alpha value is -2.30. The summed E-state index contributed by atoms with van der Waals surface area (Å²) < 4.78 is 7.38. The number of carbonyl (C=O) groups is 1. The molecule has 0 atom stereocenters. The summed E-state index contributed by atoms with van der Waals surface area (Å²) in [6, 6.07) is 10.2. The lowest BCUT2D eigenvalue weighted by atomic mass is 9.94. The number of halogens is 2. The number of nitrogens with zero attached hydrogens (tertiary/aromatic N) is 3. The monoisotopic (exact) mass is 607 g/mol. The molecular weight excluding hydrogens is 586 g/mol. The maximum Gasteiger partial charge on any atom is 0.277 e. The van der Waals surface area contributed by atoms with Crippen LogP contribution in [0.15, 0.2) is 51.0 Å². The highest BCUT2D eigenvalue weighted by Gasteiger charge is 2.40. The molecule has 2 aromatic rings. The molecule has 0 unspecified atom stereocenters. The molecule has 34 heavy (non-hydrogen) atoms. The molecule has 0 aromatic heterocycles. The molecule has 1 amide bonds. The van der Waals surface area contributed by atoms with Gasteiger partial charge in [-0.3, -0.25) is 19.8 Å². The highest BCUT2D eigenvalue weighted by Crippen LogP contribution is 2.37. The number of rotatable bonds is 6. The molecule has 0 spiro atoms. The van der Waals surface area contributed by atoms with Gasteiger partial charge in [-0.05, 0) is 98.4 Å². The number of nitro groups is 1. The number of nitro benzene ring substituents is 1. The molecule has 1 heterocycles. The Labute approximate surface area is 220 Å². The minimum Gasteiger partial charge on any atom is -0.487 e. The number of amides is 1. The normalized spacial score (nSPS) is 18.1. The minimum absolute atomic E-state index is 0.0384. The van der Waals surface area contributed by atoms with Crippen molar-refractivity contribution in [3.63, 3.8) is 0 Å². The van der Waals surface area contributed by atoms with Gasteiger partial charge in [0.2, 0.25) is 0 Å². The topological polar surface area (TPSA) is 75.9 Å². The number of likely N-dealkylation sites (N-methyl/N-ethyl adjacent to an activating group) is 1. The van der Waals surface area contributed by atoms with Crippen LogP contribution in [0.25, 0.3) is 6.08 Å². The standard InChI is InChI=1S/C24H23Br2N3O4S/c1-27-21(23(30)28(24(27)34)17-5-3-2-4-6-17)13-16-11-19(25)22(20(26)12-16)33-14-15-7-9-18(10-8-15)29(31)32/h7-13,17H,2-6,14H2,1H3/b21-13-. The van der Waals surface area contributed by atoms with Crippen molar-refractivity contribution in [3.8, 4) is 5.75 Å². The van der Waals surface area contributed by atoms with Crippen molar-refractivity contribution >= 4 is 66.9 Å². The third-order valence-corrected chi connectivity index (χ3v) is 7.74. The van der Waals surface area contributed by atoms with Crippen LogP contribution in [0.3, 0.4) is 0 Å². The Balaban J connectivity index is 1.51. The SMILES string of the molecule is CN1C(=S)N(C2CCCCC2)C(=O)/C1=C/c1cc(Br)c(OCc2ccc([N+](=O)[O-])cc2)c(Br)c1. The highest BCUT2D eigenvalue weighted by molar-refractivity contribution is 9.11. The maximum atomic E-state index is 13.2. The first-order chi connectivity index (χ1) is 16.3. The summed E-state index contributed by atoms with van der Waals surface area (Å²) in [5, 5.41) is 11.4. The summed E-state index contributed by atoms with van der Waals surface area (Å²) in [5.41, 5.74) is 2.22. The zero-order valence-electron chi connectivity index (χ0n) is 18.5. The number of non-ortho nitro benzene ring substituents is 1. The van der Waals surface area contributed by atoms with Gasteiger partial charge in [0, 0.05) is 25.2 Å². The van der Waals surface area contributed by atoms with Crippen LogP contribution < -0.4 is 4.74 Å². The second-order valence-corrected chi connectivity index (χ2v) is 10.4. The number of benzene rings is 2. The number of hydrogen-bond donors (Lipinski definition) is 0. The Bertz CT molecular complexity index is 1140. The van der Waals surface area contributed by atoms with E-state index in [2.05, 4.69) is 31.9 Å². The molecule has 10 heteroatoms. The van der Waals surface area contributed by atoms with Crippen molar-refractivity contribution in [2.45, 2.75) is 44.8 Å². The van der Waals surface area contributed by atoms with E-state index in [4.69, 9.17) is 17.0 Å². The zero-order valence-corrected chi connectivity index (χ0v) is 22.5. The summed E-state index contributed by atoms with van der Waals surface area (Å²) in [5.74, 6) is 0.552. The average Bonchev–Trinajstić information content (AvgIpc) is 3.02. The molecule has 0 bridgehead atoms. The smallest absolute Gasteiger partial charge is 0.277 e. The molecule has 178 valence electrons. The fourth-order valence-corrected chi connectivity index (χ4v) is 6.05. The number of carbonyl (C=O) groups excluding carboxylic acids is 1. The molecule has 4 rings (SSSR count). The van der Waals surface area contributed by atoms with Crippen molar-refractivity contribution in [2.24, 2.45) is 0 Å². The summed E-state index contributed by atoms with van der Waals surface area (Å²) in [6.45, 7) is 0.251. The van der Waals surface area contributed by atoms with Gasteiger partial charge in [0.25, 0.3) is 11.6 Å². The van der Waals surface area contributed by atoms with Gasteiger partial charge in [0.05, 0.1) is 13.9 Å². The van der Waals surface area contributed by atoms with Crippen LogP contribution in [0, 0.1) is 10.1 Å². The third kappa shape index (κ3) is 5.18. The number of hydrogen-bond acceptors (Lipinski definition) is 5. The lowest BCUT2D eigenvalue weighted by Gasteiger charge is -2.30. The van der Waals surface area contributed by atoms with Crippen molar-refractivity contribution in [1.82, 2.24) is 9.80 Å². The van der Waals surface area contributed by atoms with Crippen LogP contribution in [-0.2, 0) is 11.4 Å². The van der Waals surface area contributed by atoms with Crippen LogP contribution in [0.4, 0.5) is 5.69 Å². The van der Waals surface area contributed by atoms with Crippen molar-refractivity contribution in [2.75, 3.05) is 7.05 Å². The summed E-state index contributed by atoms with van der Waals surface area (Å²) in [4.78, 5) is 27.2. The Kier molecular flexibility index (Phi) is 7.69. The maximum absolute atomic E-state index is 13.2. The first kappa shape index (κ1) is 24.8. The average molecular weight is 609 g/mol. The Morgan fingerprint density at radius 2 is 1.76 bits per heavy atom. The molecule has 1 aliphatic heterocycles. The zero-order chi connectivity index (χ0) is 24.4. The van der Waals surface area contributed by atoms with Gasteiger partial charge in [0.15, 0.2) is 5.11 Å². The fourth-order valence-electron chi connectivity index (χ4n) is 4.27. The van der Waals surface area contributed by atoms with Gasteiger partial charge in [-0.2, -0.15) is 0 Å². The Morgan fingerprint density at radius 3 is 2.35 bits per heavy atom. The molecule has 2 aromatic carbocycles. The minimum atomic E-state index is -0.432. The second kappa shape index (κ2) is 10.5. The van der Waals surface area contributed by atoms with Crippen molar-refractivity contribution in [3.05, 3.63) is 72.3 Å².